The van der Waals surface area contributed by atoms with Gasteiger partial charge in [0, 0.05) is 6.07 Å². The number of fused-ring (bicyclic) bond motifs is 1. The molecule has 0 radical (unpaired) electrons. The molecule has 0 saturated carbocycles. The largest absolute Gasteiger partial charge is 0.497 e. The summed E-state index contributed by atoms with van der Waals surface area (Å²) in [7, 11) is 1.61. The summed E-state index contributed by atoms with van der Waals surface area (Å²) in [6.07, 6.45) is 0. The molecule has 2 aromatic carbocycles. The molecule has 0 aliphatic carbocycles. The van der Waals surface area contributed by atoms with Crippen LogP contribution in [0.4, 0.5) is 4.39 Å². The Labute approximate surface area is 114 Å². The number of benzene rings is 2. The lowest BCUT2D eigenvalue weighted by Crippen LogP contribution is -1.94. The average Bonchev–Trinajstić information content (AvgIpc) is 2.73. The van der Waals surface area contributed by atoms with Crippen molar-refractivity contribution < 1.29 is 9.13 Å². The molecule has 1 N–H and O–H groups in total. The summed E-state index contributed by atoms with van der Waals surface area (Å²) in [5.74, 6) is 0.434. The molecule has 0 bridgehead atoms. The highest BCUT2D eigenvalue weighted by molar-refractivity contribution is 7.71. The van der Waals surface area contributed by atoms with E-state index in [1.807, 2.05) is 24.3 Å². The van der Waals surface area contributed by atoms with Crippen LogP contribution in [-0.2, 0) is 0 Å². The molecule has 0 aliphatic heterocycles. The zero-order valence-electron chi connectivity index (χ0n) is 10.2. The molecule has 0 unspecified atom stereocenters. The number of aromatic nitrogens is 2. The summed E-state index contributed by atoms with van der Waals surface area (Å²) in [4.78, 5) is 3.10. The zero-order chi connectivity index (χ0) is 13.4. The Morgan fingerprint density at radius 2 is 2.05 bits per heavy atom. The van der Waals surface area contributed by atoms with Gasteiger partial charge in [0.25, 0.3) is 0 Å². The molecule has 0 aliphatic rings. The average molecular weight is 274 g/mol. The fourth-order valence-electron chi connectivity index (χ4n) is 2.08. The van der Waals surface area contributed by atoms with Gasteiger partial charge in [0.2, 0.25) is 0 Å². The van der Waals surface area contributed by atoms with Gasteiger partial charge in [0.05, 0.1) is 23.8 Å². The predicted molar refractivity (Wildman–Crippen MR) is 75.0 cm³/mol. The Balaban J connectivity index is 2.33. The second kappa shape index (κ2) is 4.51. The predicted octanol–water partition coefficient (Wildman–Crippen LogP) is 3.84. The lowest BCUT2D eigenvalue weighted by atomic mass is 10.2. The van der Waals surface area contributed by atoms with Crippen LogP contribution in [-0.4, -0.2) is 16.7 Å². The van der Waals surface area contributed by atoms with Crippen molar-refractivity contribution >= 4 is 23.3 Å². The van der Waals surface area contributed by atoms with Crippen LogP contribution in [0.3, 0.4) is 0 Å². The fraction of sp³-hybridized carbons (Fsp3) is 0.0714. The summed E-state index contributed by atoms with van der Waals surface area (Å²) in [5, 5.41) is 0. The summed E-state index contributed by atoms with van der Waals surface area (Å²) in [6, 6.07) is 11.9. The van der Waals surface area contributed by atoms with Gasteiger partial charge in [-0.1, -0.05) is 6.07 Å². The molecule has 0 saturated heterocycles. The first-order valence-electron chi connectivity index (χ1n) is 5.74. The normalized spacial score (nSPS) is 10.8. The molecule has 3 aromatic rings. The Bertz CT molecular complexity index is 807. The fourth-order valence-corrected chi connectivity index (χ4v) is 2.39. The number of imidazole rings is 1. The zero-order valence-corrected chi connectivity index (χ0v) is 11.0. The van der Waals surface area contributed by atoms with Gasteiger partial charge in [-0.15, -0.1) is 0 Å². The number of nitrogens with one attached hydrogen (secondary N) is 1. The highest BCUT2D eigenvalue weighted by Crippen LogP contribution is 2.24. The van der Waals surface area contributed by atoms with E-state index in [1.165, 1.54) is 12.1 Å². The third-order valence-electron chi connectivity index (χ3n) is 2.96. The van der Waals surface area contributed by atoms with Crippen LogP contribution in [0.1, 0.15) is 0 Å². The van der Waals surface area contributed by atoms with Gasteiger partial charge in [-0.3, -0.25) is 4.57 Å². The van der Waals surface area contributed by atoms with Crippen LogP contribution in [0, 0.1) is 10.6 Å². The maximum Gasteiger partial charge on any atom is 0.182 e. The van der Waals surface area contributed by atoms with Gasteiger partial charge in [0.15, 0.2) is 4.77 Å². The van der Waals surface area contributed by atoms with Gasteiger partial charge in [0.1, 0.15) is 11.6 Å². The van der Waals surface area contributed by atoms with Gasteiger partial charge < -0.3 is 9.72 Å². The van der Waals surface area contributed by atoms with Crippen molar-refractivity contribution in [1.82, 2.24) is 9.55 Å². The van der Waals surface area contributed by atoms with Gasteiger partial charge >= 0.3 is 0 Å². The molecule has 5 heteroatoms. The molecular weight excluding hydrogens is 263 g/mol. The number of methoxy groups -OCH3 is 1. The first kappa shape index (κ1) is 11.9. The topological polar surface area (TPSA) is 29.9 Å². The standard InChI is InChI=1S/C14H11FN2OS/c1-18-11-5-6-12-13(8-11)17(14(19)16-12)10-4-2-3-9(15)7-10/h2-8H,1H3,(H,16,19). The number of ether oxygens (including phenoxy) is 1. The number of halogens is 1. The van der Waals surface area contributed by atoms with E-state index in [0.29, 0.717) is 10.5 Å². The van der Waals surface area contributed by atoms with Gasteiger partial charge in [-0.25, -0.2) is 4.39 Å². The van der Waals surface area contributed by atoms with E-state index < -0.39 is 0 Å². The second-order valence-electron chi connectivity index (χ2n) is 4.13. The number of hydrogen-bond acceptors (Lipinski definition) is 2. The molecule has 19 heavy (non-hydrogen) atoms. The second-order valence-corrected chi connectivity index (χ2v) is 4.52. The SMILES string of the molecule is COc1ccc2[nH]c(=S)n(-c3cccc(F)c3)c2c1. The number of rotatable bonds is 2. The van der Waals surface area contributed by atoms with E-state index in [-0.39, 0.29) is 5.82 Å². The van der Waals surface area contributed by atoms with Gasteiger partial charge in [-0.2, -0.15) is 0 Å². The maximum absolute atomic E-state index is 13.4. The Morgan fingerprint density at radius 1 is 1.21 bits per heavy atom. The van der Waals surface area contributed by atoms with Crippen LogP contribution < -0.4 is 4.74 Å². The Morgan fingerprint density at radius 3 is 2.79 bits per heavy atom. The molecule has 0 amide bonds. The van der Waals surface area contributed by atoms with E-state index >= 15 is 0 Å². The van der Waals surface area contributed by atoms with Crippen LogP contribution in [0.5, 0.6) is 5.75 Å². The molecule has 0 fully saturated rings. The van der Waals surface area contributed by atoms with E-state index in [0.717, 1.165) is 16.8 Å². The molecular formula is C14H11FN2OS. The molecule has 0 spiro atoms. The molecule has 3 rings (SSSR count). The molecule has 0 atom stereocenters. The van der Waals surface area contributed by atoms with Crippen LogP contribution in [0.15, 0.2) is 42.5 Å². The third-order valence-corrected chi connectivity index (χ3v) is 3.24. The van der Waals surface area contributed by atoms with Crippen molar-refractivity contribution in [3.8, 4) is 11.4 Å². The van der Waals surface area contributed by atoms with Crippen molar-refractivity contribution in [1.29, 1.82) is 0 Å². The van der Waals surface area contributed by atoms with E-state index in [4.69, 9.17) is 17.0 Å². The number of H-pyrrole nitrogens is 1. The molecule has 3 nitrogen and oxygen atoms in total. The van der Waals surface area contributed by atoms with Crippen LogP contribution in [0.2, 0.25) is 0 Å². The number of hydrogen-bond donors (Lipinski definition) is 1. The monoisotopic (exact) mass is 274 g/mol. The summed E-state index contributed by atoms with van der Waals surface area (Å²) in [5.41, 5.74) is 2.43. The smallest absolute Gasteiger partial charge is 0.182 e. The number of nitrogens with zero attached hydrogens (tertiary/aromatic N) is 1. The summed E-state index contributed by atoms with van der Waals surface area (Å²) in [6.45, 7) is 0. The lowest BCUT2D eigenvalue weighted by molar-refractivity contribution is 0.415. The van der Waals surface area contributed by atoms with E-state index in [9.17, 15) is 4.39 Å². The van der Waals surface area contributed by atoms with Crippen molar-refractivity contribution in [2.45, 2.75) is 0 Å². The highest BCUT2D eigenvalue weighted by atomic mass is 32.1. The molecule has 96 valence electrons. The van der Waals surface area contributed by atoms with Crippen molar-refractivity contribution in [2.24, 2.45) is 0 Å². The lowest BCUT2D eigenvalue weighted by Gasteiger charge is -2.05. The van der Waals surface area contributed by atoms with Crippen LogP contribution >= 0.6 is 12.2 Å². The van der Waals surface area contributed by atoms with Crippen molar-refractivity contribution in [3.05, 3.63) is 53.1 Å². The minimum Gasteiger partial charge on any atom is -0.497 e. The first-order chi connectivity index (χ1) is 9.19. The van der Waals surface area contributed by atoms with E-state index in [2.05, 4.69) is 4.98 Å². The molecule has 1 aromatic heterocycles. The van der Waals surface area contributed by atoms with Crippen molar-refractivity contribution in [2.75, 3.05) is 7.11 Å². The quantitative estimate of drug-likeness (QED) is 0.720. The first-order valence-corrected chi connectivity index (χ1v) is 6.14. The highest BCUT2D eigenvalue weighted by Gasteiger charge is 2.08. The van der Waals surface area contributed by atoms with Crippen LogP contribution in [0.25, 0.3) is 16.7 Å². The van der Waals surface area contributed by atoms with Crippen molar-refractivity contribution in [3.63, 3.8) is 0 Å². The van der Waals surface area contributed by atoms with E-state index in [1.54, 1.807) is 17.7 Å². The Kier molecular flexibility index (Phi) is 2.83. The van der Waals surface area contributed by atoms with Gasteiger partial charge in [-0.05, 0) is 42.5 Å². The summed E-state index contributed by atoms with van der Waals surface area (Å²) >= 11 is 5.30. The minimum atomic E-state index is -0.295. The Hall–Kier alpha value is -2.14. The minimum absolute atomic E-state index is 0.295. The third kappa shape index (κ3) is 2.02. The summed E-state index contributed by atoms with van der Waals surface area (Å²) < 4.78 is 20.9. The molecule has 1 heterocycles. The number of aromatic amines is 1. The maximum atomic E-state index is 13.4.